The summed E-state index contributed by atoms with van der Waals surface area (Å²) in [7, 11) is 1.64. The number of benzene rings is 1. The lowest BCUT2D eigenvalue weighted by atomic mass is 9.81. The molecule has 92 valence electrons. The topological polar surface area (TPSA) is 30.5 Å². The minimum absolute atomic E-state index is 0.0923. The Balaban J connectivity index is 2.11. The van der Waals surface area contributed by atoms with Crippen LogP contribution in [0.2, 0.25) is 5.02 Å². The number of fused-ring (bicyclic) bond motifs is 3. The summed E-state index contributed by atoms with van der Waals surface area (Å²) < 4.78 is 11.2. The number of nitrogens with one attached hydrogen (secondary N) is 1. The minimum Gasteiger partial charge on any atom is -0.495 e. The zero-order valence-corrected chi connectivity index (χ0v) is 10.8. The molecule has 0 aromatic heterocycles. The van der Waals surface area contributed by atoms with Crippen molar-refractivity contribution >= 4 is 11.6 Å². The number of methoxy groups -OCH3 is 1. The molecule has 2 atom stereocenters. The molecule has 1 saturated heterocycles. The average Bonchev–Trinajstić information content (AvgIpc) is 2.71. The molecule has 2 heterocycles. The largest absolute Gasteiger partial charge is 0.495 e. The number of hydrogen-bond acceptors (Lipinski definition) is 3. The molecule has 3 rings (SSSR count). The molecule has 1 aromatic rings. The van der Waals surface area contributed by atoms with Gasteiger partial charge in [-0.3, -0.25) is 0 Å². The van der Waals surface area contributed by atoms with Crippen LogP contribution in [-0.2, 0) is 11.3 Å². The molecule has 0 radical (unpaired) electrons. The van der Waals surface area contributed by atoms with Gasteiger partial charge in [-0.25, -0.2) is 0 Å². The molecule has 1 N–H and O–H groups in total. The smallest absolute Gasteiger partial charge is 0.137 e. The summed E-state index contributed by atoms with van der Waals surface area (Å²) in [5, 5.41) is 4.09. The lowest BCUT2D eigenvalue weighted by molar-refractivity contribution is -0.0517. The summed E-state index contributed by atoms with van der Waals surface area (Å²) in [6.45, 7) is 4.59. The average molecular weight is 254 g/mol. The molecule has 0 aliphatic carbocycles. The van der Waals surface area contributed by atoms with Crippen LogP contribution in [0.4, 0.5) is 0 Å². The lowest BCUT2D eigenvalue weighted by Crippen LogP contribution is -2.39. The van der Waals surface area contributed by atoms with Gasteiger partial charge in [-0.15, -0.1) is 0 Å². The highest BCUT2D eigenvalue weighted by molar-refractivity contribution is 6.33. The van der Waals surface area contributed by atoms with E-state index in [0.717, 1.165) is 24.4 Å². The first-order chi connectivity index (χ1) is 8.15. The second kappa shape index (κ2) is 3.87. The number of hydrogen-bond donors (Lipinski definition) is 1. The fourth-order valence-corrected chi connectivity index (χ4v) is 3.18. The Hall–Kier alpha value is -0.770. The Labute approximate surface area is 106 Å². The fraction of sp³-hybridized carbons (Fsp3) is 0.538. The van der Waals surface area contributed by atoms with Crippen molar-refractivity contribution in [1.82, 2.24) is 5.32 Å². The van der Waals surface area contributed by atoms with Gasteiger partial charge in [-0.1, -0.05) is 17.7 Å². The highest BCUT2D eigenvalue weighted by atomic mass is 35.5. The Bertz CT molecular complexity index is 463. The Morgan fingerprint density at radius 3 is 3.12 bits per heavy atom. The van der Waals surface area contributed by atoms with Crippen LogP contribution in [0.25, 0.3) is 0 Å². The molecule has 17 heavy (non-hydrogen) atoms. The Morgan fingerprint density at radius 2 is 2.35 bits per heavy atom. The van der Waals surface area contributed by atoms with E-state index in [9.17, 15) is 0 Å². The van der Waals surface area contributed by atoms with Crippen molar-refractivity contribution in [2.45, 2.75) is 25.0 Å². The summed E-state index contributed by atoms with van der Waals surface area (Å²) in [5.74, 6) is 1.11. The number of ether oxygens (including phenoxy) is 2. The molecule has 0 spiro atoms. The zero-order valence-electron chi connectivity index (χ0n) is 10.0. The van der Waals surface area contributed by atoms with Crippen LogP contribution in [0.1, 0.15) is 24.0 Å². The normalized spacial score (nSPS) is 30.9. The summed E-state index contributed by atoms with van der Waals surface area (Å²) in [5.41, 5.74) is 2.29. The van der Waals surface area contributed by atoms with Crippen molar-refractivity contribution in [3.05, 3.63) is 28.3 Å². The van der Waals surface area contributed by atoms with Gasteiger partial charge in [0.1, 0.15) is 5.75 Å². The van der Waals surface area contributed by atoms with E-state index in [0.29, 0.717) is 17.5 Å². The van der Waals surface area contributed by atoms with E-state index in [2.05, 4.69) is 18.3 Å². The maximum atomic E-state index is 6.34. The van der Waals surface area contributed by atoms with Crippen molar-refractivity contribution in [2.75, 3.05) is 20.2 Å². The van der Waals surface area contributed by atoms with E-state index >= 15 is 0 Å². The van der Waals surface area contributed by atoms with Crippen molar-refractivity contribution in [3.63, 3.8) is 0 Å². The third kappa shape index (κ3) is 1.57. The monoisotopic (exact) mass is 253 g/mol. The van der Waals surface area contributed by atoms with Gasteiger partial charge in [-0.2, -0.15) is 0 Å². The quantitative estimate of drug-likeness (QED) is 0.833. The van der Waals surface area contributed by atoms with E-state index in [1.807, 2.05) is 6.07 Å². The van der Waals surface area contributed by atoms with Crippen LogP contribution >= 0.6 is 11.6 Å². The van der Waals surface area contributed by atoms with Gasteiger partial charge >= 0.3 is 0 Å². The van der Waals surface area contributed by atoms with Gasteiger partial charge < -0.3 is 14.8 Å². The van der Waals surface area contributed by atoms with E-state index in [1.165, 1.54) is 5.56 Å². The first-order valence-corrected chi connectivity index (χ1v) is 6.23. The first-order valence-electron chi connectivity index (χ1n) is 5.85. The molecule has 0 unspecified atom stereocenters. The number of rotatable bonds is 1. The van der Waals surface area contributed by atoms with Gasteiger partial charge in [0.25, 0.3) is 0 Å². The van der Waals surface area contributed by atoms with E-state index in [1.54, 1.807) is 7.11 Å². The number of halogens is 1. The first kappa shape index (κ1) is 11.3. The second-order valence-electron chi connectivity index (χ2n) is 4.93. The standard InChI is InChI=1S/C13H16ClNO2/c1-13-7-15-5-10(13)8-3-4-11(16-2)12(14)9(8)6-17-13/h3-4,10,15H,5-7H2,1-2H3/t10-,13-/m1/s1. The van der Waals surface area contributed by atoms with Crippen LogP contribution < -0.4 is 10.1 Å². The molecular formula is C13H16ClNO2. The molecule has 4 heteroatoms. The highest BCUT2D eigenvalue weighted by Crippen LogP contribution is 2.45. The molecular weight excluding hydrogens is 238 g/mol. The summed E-state index contributed by atoms with van der Waals surface area (Å²) in [6, 6.07) is 4.07. The van der Waals surface area contributed by atoms with Gasteiger partial charge in [0.15, 0.2) is 0 Å². The van der Waals surface area contributed by atoms with Crippen LogP contribution in [0.15, 0.2) is 12.1 Å². The zero-order chi connectivity index (χ0) is 12.0. The summed E-state index contributed by atoms with van der Waals surface area (Å²) in [4.78, 5) is 0. The van der Waals surface area contributed by atoms with Crippen molar-refractivity contribution < 1.29 is 9.47 Å². The molecule has 0 amide bonds. The van der Waals surface area contributed by atoms with Crippen molar-refractivity contribution in [1.29, 1.82) is 0 Å². The van der Waals surface area contributed by atoms with E-state index < -0.39 is 0 Å². The van der Waals surface area contributed by atoms with Gasteiger partial charge in [-0.05, 0) is 18.6 Å². The molecule has 2 aliphatic rings. The molecule has 3 nitrogen and oxygen atoms in total. The molecule has 2 aliphatic heterocycles. The highest BCUT2D eigenvalue weighted by Gasteiger charge is 2.45. The molecule has 0 saturated carbocycles. The maximum absolute atomic E-state index is 6.34. The molecule has 1 aromatic carbocycles. The Morgan fingerprint density at radius 1 is 1.53 bits per heavy atom. The van der Waals surface area contributed by atoms with Gasteiger partial charge in [0, 0.05) is 24.6 Å². The van der Waals surface area contributed by atoms with Gasteiger partial charge in [0.05, 0.1) is 24.3 Å². The summed E-state index contributed by atoms with van der Waals surface area (Å²) >= 11 is 6.34. The SMILES string of the molecule is COc1ccc2c(c1Cl)CO[C@]1(C)CNC[C@H]21. The van der Waals surface area contributed by atoms with Crippen LogP contribution in [0.5, 0.6) is 5.75 Å². The molecule has 1 fully saturated rings. The third-order valence-corrected chi connectivity index (χ3v) is 4.36. The van der Waals surface area contributed by atoms with E-state index in [4.69, 9.17) is 21.1 Å². The van der Waals surface area contributed by atoms with Crippen LogP contribution in [0, 0.1) is 0 Å². The van der Waals surface area contributed by atoms with Crippen LogP contribution in [0.3, 0.4) is 0 Å². The van der Waals surface area contributed by atoms with Crippen LogP contribution in [-0.4, -0.2) is 25.8 Å². The second-order valence-corrected chi connectivity index (χ2v) is 5.31. The third-order valence-electron chi connectivity index (χ3n) is 3.95. The lowest BCUT2D eigenvalue weighted by Gasteiger charge is -2.37. The minimum atomic E-state index is -0.0923. The fourth-order valence-electron chi connectivity index (χ4n) is 2.88. The van der Waals surface area contributed by atoms with Gasteiger partial charge in [0.2, 0.25) is 0 Å². The van der Waals surface area contributed by atoms with E-state index in [-0.39, 0.29) is 5.60 Å². The maximum Gasteiger partial charge on any atom is 0.137 e. The summed E-state index contributed by atoms with van der Waals surface area (Å²) in [6.07, 6.45) is 0. The van der Waals surface area contributed by atoms with Crippen molar-refractivity contribution in [3.8, 4) is 5.75 Å². The Kier molecular flexibility index (Phi) is 2.58. The predicted molar refractivity (Wildman–Crippen MR) is 66.8 cm³/mol. The predicted octanol–water partition coefficient (Wildman–Crippen LogP) is 2.32. The molecule has 0 bridgehead atoms. The van der Waals surface area contributed by atoms with Crippen molar-refractivity contribution in [2.24, 2.45) is 0 Å².